The zero-order valence-electron chi connectivity index (χ0n) is 25.8. The van der Waals surface area contributed by atoms with Crippen LogP contribution < -0.4 is 20.6 Å². The van der Waals surface area contributed by atoms with Gasteiger partial charge in [-0.2, -0.15) is 5.10 Å². The molecular formula is C32H33F3N6O5S. The molecule has 0 aliphatic carbocycles. The van der Waals surface area contributed by atoms with Crippen molar-refractivity contribution < 1.29 is 36.9 Å². The van der Waals surface area contributed by atoms with Gasteiger partial charge in [0.1, 0.15) is 29.6 Å². The molecule has 3 N–H and O–H groups in total. The second kappa shape index (κ2) is 16.6. The molecule has 1 atom stereocenters. The lowest BCUT2D eigenvalue weighted by Gasteiger charge is -2.12. The number of hydrogen-bond donors (Lipinski definition) is 2. The summed E-state index contributed by atoms with van der Waals surface area (Å²) in [6.07, 6.45) is -1.04. The maximum Gasteiger partial charge on any atom is 0.573 e. The largest absolute Gasteiger partial charge is 0.573 e. The Hall–Kier alpha value is -4.89. The van der Waals surface area contributed by atoms with Crippen molar-refractivity contribution >= 4 is 52.7 Å². The fraction of sp³-hybridized carbons (Fsp3) is 0.281. The van der Waals surface area contributed by atoms with E-state index >= 15 is 0 Å². The van der Waals surface area contributed by atoms with Gasteiger partial charge in [0.15, 0.2) is 11.3 Å². The van der Waals surface area contributed by atoms with Crippen LogP contribution in [-0.4, -0.2) is 61.6 Å². The molecule has 1 unspecified atom stereocenters. The fourth-order valence-electron chi connectivity index (χ4n) is 4.27. The van der Waals surface area contributed by atoms with Crippen molar-refractivity contribution in [2.75, 3.05) is 19.7 Å². The number of carbonyl (C=O) groups is 1. The number of halogens is 3. The highest BCUT2D eigenvalue weighted by Crippen LogP contribution is 2.30. The van der Waals surface area contributed by atoms with Crippen molar-refractivity contribution in [3.05, 3.63) is 82.9 Å². The van der Waals surface area contributed by atoms with Gasteiger partial charge in [0.05, 0.1) is 24.7 Å². The van der Waals surface area contributed by atoms with Gasteiger partial charge in [-0.3, -0.25) is 5.43 Å². The van der Waals surface area contributed by atoms with Crippen LogP contribution in [0, 0.1) is 13.8 Å². The molecule has 0 spiro atoms. The van der Waals surface area contributed by atoms with Crippen LogP contribution in [0.5, 0.6) is 11.5 Å². The molecule has 248 valence electrons. The van der Waals surface area contributed by atoms with Crippen molar-refractivity contribution in [3.8, 4) is 11.5 Å². The molecule has 1 saturated heterocycles. The standard InChI is InChI=1S/C32H33F3N6O5S/c1-20-15-26(43-3)16-21(2)28(20)40-31(47-19-45-30(42)27-5-4-14-44-27)41-39-17-22-6-8-23(9-7-22)29(36)38-18-37-24-10-12-25(13-11-24)46-32(33,34)35/h6-13,15-18,27H,4-5,14,19H2,1-3H3,(H,40,41)(H2,36,37,38)/b39-17+. The molecule has 0 saturated carbocycles. The van der Waals surface area contributed by atoms with E-state index in [9.17, 15) is 18.0 Å². The normalized spacial score (nSPS) is 15.7. The Morgan fingerprint density at radius 3 is 2.40 bits per heavy atom. The van der Waals surface area contributed by atoms with E-state index in [1.807, 2.05) is 26.0 Å². The average Bonchev–Trinajstić information content (AvgIpc) is 3.58. The number of rotatable bonds is 11. The zero-order chi connectivity index (χ0) is 33.8. The average molecular weight is 671 g/mol. The fourth-order valence-corrected chi connectivity index (χ4v) is 4.83. The lowest BCUT2D eigenvalue weighted by atomic mass is 10.1. The Bertz CT molecular complexity index is 1620. The molecule has 1 aliphatic heterocycles. The van der Waals surface area contributed by atoms with Gasteiger partial charge in [0.25, 0.3) is 0 Å². The van der Waals surface area contributed by atoms with Crippen LogP contribution in [0.15, 0.2) is 80.7 Å². The number of hydrazone groups is 1. The Labute approximate surface area is 273 Å². The van der Waals surface area contributed by atoms with Crippen LogP contribution in [0.1, 0.15) is 35.1 Å². The van der Waals surface area contributed by atoms with Gasteiger partial charge in [0, 0.05) is 12.2 Å². The van der Waals surface area contributed by atoms with E-state index in [-0.39, 0.29) is 17.5 Å². The first-order valence-corrected chi connectivity index (χ1v) is 15.3. The number of benzene rings is 3. The number of thioether (sulfide) groups is 1. The van der Waals surface area contributed by atoms with E-state index in [1.165, 1.54) is 30.2 Å². The molecule has 15 heteroatoms. The summed E-state index contributed by atoms with van der Waals surface area (Å²) in [5.41, 5.74) is 13.3. The van der Waals surface area contributed by atoms with Crippen molar-refractivity contribution in [1.82, 2.24) is 5.43 Å². The number of aryl methyl sites for hydroxylation is 2. The van der Waals surface area contributed by atoms with Gasteiger partial charge in [0.2, 0.25) is 0 Å². The molecule has 47 heavy (non-hydrogen) atoms. The Morgan fingerprint density at radius 2 is 1.79 bits per heavy atom. The number of carbonyl (C=O) groups excluding carboxylic acids is 1. The molecule has 0 bridgehead atoms. The van der Waals surface area contributed by atoms with Crippen LogP contribution in [0.25, 0.3) is 0 Å². The molecule has 1 fully saturated rings. The van der Waals surface area contributed by atoms with E-state index in [1.54, 1.807) is 37.6 Å². The summed E-state index contributed by atoms with van der Waals surface area (Å²) >= 11 is 1.18. The summed E-state index contributed by atoms with van der Waals surface area (Å²) in [5, 5.41) is 4.73. The van der Waals surface area contributed by atoms with Gasteiger partial charge in [-0.15, -0.1) is 13.2 Å². The molecule has 11 nitrogen and oxygen atoms in total. The third-order valence-corrected chi connectivity index (χ3v) is 7.25. The molecule has 3 aromatic carbocycles. The SMILES string of the molecule is COc1cc(C)c(N=C(N/N=C/c2ccc(C(N)=NC=Nc3ccc(OC(F)(F)F)cc3)cc2)SCOC(=O)C2CCCO2)c(C)c1. The minimum Gasteiger partial charge on any atom is -0.497 e. The number of nitrogens with two attached hydrogens (primary N) is 1. The summed E-state index contributed by atoms with van der Waals surface area (Å²) in [5.74, 6) is 0.166. The molecule has 3 aromatic rings. The number of amidine groups is 2. The molecule has 0 radical (unpaired) electrons. The predicted octanol–water partition coefficient (Wildman–Crippen LogP) is 6.30. The first kappa shape index (κ1) is 35.0. The van der Waals surface area contributed by atoms with E-state index in [4.69, 9.17) is 24.9 Å². The van der Waals surface area contributed by atoms with Crippen molar-refractivity contribution in [1.29, 1.82) is 0 Å². The second-order valence-corrected chi connectivity index (χ2v) is 11.0. The van der Waals surface area contributed by atoms with Crippen molar-refractivity contribution in [2.45, 2.75) is 39.2 Å². The molecule has 1 heterocycles. The number of nitrogens with zero attached hydrogens (tertiary/aromatic N) is 4. The lowest BCUT2D eigenvalue weighted by molar-refractivity contribution is -0.274. The van der Waals surface area contributed by atoms with Gasteiger partial charge in [-0.1, -0.05) is 24.3 Å². The number of methoxy groups -OCH3 is 1. The van der Waals surface area contributed by atoms with E-state index in [2.05, 4.69) is 25.2 Å². The van der Waals surface area contributed by atoms with Crippen molar-refractivity contribution in [3.63, 3.8) is 0 Å². The molecular weight excluding hydrogens is 637 g/mol. The quantitative estimate of drug-likeness (QED) is 0.0796. The van der Waals surface area contributed by atoms with Crippen LogP contribution in [0.2, 0.25) is 0 Å². The highest BCUT2D eigenvalue weighted by Gasteiger charge is 2.31. The summed E-state index contributed by atoms with van der Waals surface area (Å²) in [4.78, 5) is 25.2. The number of ether oxygens (including phenoxy) is 4. The second-order valence-electron chi connectivity index (χ2n) is 10.0. The van der Waals surface area contributed by atoms with Gasteiger partial charge >= 0.3 is 12.3 Å². The first-order valence-electron chi connectivity index (χ1n) is 14.3. The Balaban J connectivity index is 1.39. The van der Waals surface area contributed by atoms with E-state index in [0.717, 1.165) is 46.7 Å². The number of aliphatic imine (C=N–C) groups is 3. The monoisotopic (exact) mass is 670 g/mol. The number of alkyl halides is 3. The molecule has 0 amide bonds. The van der Waals surface area contributed by atoms with E-state index in [0.29, 0.717) is 29.4 Å². The molecule has 4 rings (SSSR count). The third kappa shape index (κ3) is 11.1. The zero-order valence-corrected chi connectivity index (χ0v) is 26.6. The smallest absolute Gasteiger partial charge is 0.497 e. The van der Waals surface area contributed by atoms with Crippen LogP contribution in [0.4, 0.5) is 24.5 Å². The lowest BCUT2D eigenvalue weighted by Crippen LogP contribution is -2.23. The highest BCUT2D eigenvalue weighted by molar-refractivity contribution is 8.13. The predicted molar refractivity (Wildman–Crippen MR) is 176 cm³/mol. The molecule has 0 aromatic heterocycles. The number of hydrogen-bond acceptors (Lipinski definition) is 9. The highest BCUT2D eigenvalue weighted by atomic mass is 32.2. The Morgan fingerprint density at radius 1 is 1.09 bits per heavy atom. The minimum atomic E-state index is -4.77. The molecule has 1 aliphatic rings. The van der Waals surface area contributed by atoms with Crippen molar-refractivity contribution in [2.24, 2.45) is 25.8 Å². The summed E-state index contributed by atoms with van der Waals surface area (Å²) in [6.45, 7) is 4.40. The van der Waals surface area contributed by atoms with Gasteiger partial charge in [-0.05, 0) is 91.5 Å². The third-order valence-electron chi connectivity index (χ3n) is 6.56. The first-order chi connectivity index (χ1) is 22.5. The maximum atomic E-state index is 12.3. The van der Waals surface area contributed by atoms with Gasteiger partial charge in [-0.25, -0.2) is 19.8 Å². The summed E-state index contributed by atoms with van der Waals surface area (Å²) < 4.78 is 56.9. The summed E-state index contributed by atoms with van der Waals surface area (Å²) in [7, 11) is 1.60. The van der Waals surface area contributed by atoms with E-state index < -0.39 is 18.4 Å². The van der Waals surface area contributed by atoms with Gasteiger partial charge < -0.3 is 24.7 Å². The van der Waals surface area contributed by atoms with Crippen LogP contribution >= 0.6 is 11.8 Å². The topological polar surface area (TPSA) is 141 Å². The van der Waals surface area contributed by atoms with Crippen LogP contribution in [0.3, 0.4) is 0 Å². The Kier molecular flexibility index (Phi) is 12.4. The minimum absolute atomic E-state index is 0.0166. The van der Waals surface area contributed by atoms with Crippen LogP contribution in [-0.2, 0) is 14.3 Å². The summed E-state index contributed by atoms with van der Waals surface area (Å²) in [6, 6.07) is 15.8. The number of esters is 1. The maximum absolute atomic E-state index is 12.3. The number of nitrogens with one attached hydrogen (secondary N) is 1.